The molecule has 2 N–H and O–H groups in total. The number of likely N-dealkylation sites (tertiary alicyclic amines) is 1. The van der Waals surface area contributed by atoms with Crippen LogP contribution in [0.5, 0.6) is 11.5 Å². The van der Waals surface area contributed by atoms with Gasteiger partial charge in [0.2, 0.25) is 5.91 Å². The van der Waals surface area contributed by atoms with Gasteiger partial charge >= 0.3 is 0 Å². The Bertz CT molecular complexity index is 804. The molecule has 26 heavy (non-hydrogen) atoms. The molecule has 0 aliphatic carbocycles. The molecule has 0 spiro atoms. The fourth-order valence-electron chi connectivity index (χ4n) is 2.81. The maximum Gasteiger partial charge on any atom is 0.232 e. The second-order valence-corrected chi connectivity index (χ2v) is 6.60. The molecule has 2 aliphatic rings. The van der Waals surface area contributed by atoms with Crippen molar-refractivity contribution in [3.8, 4) is 11.5 Å². The molecule has 2 aliphatic heterocycles. The summed E-state index contributed by atoms with van der Waals surface area (Å²) in [6, 6.07) is 5.67. The molecule has 1 amide bonds. The Morgan fingerprint density at radius 3 is 2.69 bits per heavy atom. The molecule has 1 fully saturated rings. The lowest BCUT2D eigenvalue weighted by atomic mass is 10.1. The Morgan fingerprint density at radius 2 is 2.00 bits per heavy atom. The van der Waals surface area contributed by atoms with Crippen molar-refractivity contribution in [3.05, 3.63) is 39.8 Å². The van der Waals surface area contributed by atoms with Gasteiger partial charge in [-0.1, -0.05) is 11.8 Å². The summed E-state index contributed by atoms with van der Waals surface area (Å²) in [4.78, 5) is 13.6. The summed E-state index contributed by atoms with van der Waals surface area (Å²) in [5.74, 6) is 1.48. The van der Waals surface area contributed by atoms with Gasteiger partial charge in [0.25, 0.3) is 0 Å². The van der Waals surface area contributed by atoms with Gasteiger partial charge in [0.1, 0.15) is 5.84 Å². The highest BCUT2D eigenvalue weighted by molar-refractivity contribution is 8.06. The van der Waals surface area contributed by atoms with E-state index < -0.39 is 0 Å². The molecule has 1 saturated heterocycles. The first-order valence-electron chi connectivity index (χ1n) is 8.06. The third kappa shape index (κ3) is 3.42. The van der Waals surface area contributed by atoms with E-state index >= 15 is 0 Å². The van der Waals surface area contributed by atoms with E-state index in [1.54, 1.807) is 21.3 Å². The van der Waals surface area contributed by atoms with Crippen LogP contribution in [0.1, 0.15) is 12.0 Å². The molecule has 7 nitrogen and oxygen atoms in total. The zero-order chi connectivity index (χ0) is 18.7. The predicted octanol–water partition coefficient (Wildman–Crippen LogP) is 2.41. The Labute approximate surface area is 156 Å². The monoisotopic (exact) mass is 375 g/mol. The van der Waals surface area contributed by atoms with Gasteiger partial charge in [0, 0.05) is 23.7 Å². The lowest BCUT2D eigenvalue weighted by molar-refractivity contribution is -0.125. The highest BCUT2D eigenvalue weighted by Gasteiger charge is 2.34. The first-order chi connectivity index (χ1) is 12.6. The van der Waals surface area contributed by atoms with Crippen LogP contribution >= 0.6 is 11.8 Å². The maximum absolute atomic E-state index is 12.2. The molecule has 0 unspecified atom stereocenters. The van der Waals surface area contributed by atoms with Gasteiger partial charge in [0.15, 0.2) is 11.5 Å². The largest absolute Gasteiger partial charge is 0.493 e. The van der Waals surface area contributed by atoms with Gasteiger partial charge in [0.05, 0.1) is 44.5 Å². The standard InChI is InChI=1S/C18H21N3O4S/c1-23-7-6-21-16(22)9-12(17(21)19)18-20-13(10-26-18)11-4-5-14(24-2)15(8-11)25-3/h4-5,8,10,19-20H,6-7,9H2,1-3H3/b18-12-,19-17?. The van der Waals surface area contributed by atoms with Crippen LogP contribution in [0.3, 0.4) is 0 Å². The van der Waals surface area contributed by atoms with Crippen LogP contribution in [-0.4, -0.2) is 51.1 Å². The van der Waals surface area contributed by atoms with Crippen molar-refractivity contribution >= 4 is 29.2 Å². The van der Waals surface area contributed by atoms with Crippen molar-refractivity contribution in [1.82, 2.24) is 10.2 Å². The van der Waals surface area contributed by atoms with Crippen LogP contribution in [0, 0.1) is 5.41 Å². The normalized spacial score (nSPS) is 19.7. The van der Waals surface area contributed by atoms with Crippen molar-refractivity contribution < 1.29 is 19.0 Å². The average molecular weight is 375 g/mol. The molecule has 0 bridgehead atoms. The number of amides is 1. The fraction of sp³-hybridized carbons (Fsp3) is 0.333. The first kappa shape index (κ1) is 18.3. The number of nitrogens with zero attached hydrogens (tertiary/aromatic N) is 1. The van der Waals surface area contributed by atoms with Crippen molar-refractivity contribution in [2.45, 2.75) is 6.42 Å². The Kier molecular flexibility index (Phi) is 5.53. The third-order valence-corrected chi connectivity index (χ3v) is 5.15. The highest BCUT2D eigenvalue weighted by Crippen LogP contribution is 2.37. The lowest BCUT2D eigenvalue weighted by Gasteiger charge is -2.15. The van der Waals surface area contributed by atoms with Crippen molar-refractivity contribution in [1.29, 1.82) is 5.41 Å². The highest BCUT2D eigenvalue weighted by atomic mass is 32.2. The van der Waals surface area contributed by atoms with Gasteiger partial charge in [-0.25, -0.2) is 0 Å². The van der Waals surface area contributed by atoms with Crippen molar-refractivity contribution in [2.75, 3.05) is 34.5 Å². The second kappa shape index (κ2) is 7.84. The van der Waals surface area contributed by atoms with Crippen molar-refractivity contribution in [3.63, 3.8) is 0 Å². The summed E-state index contributed by atoms with van der Waals surface area (Å²) in [5, 5.41) is 14.4. The number of nitrogens with one attached hydrogen (secondary N) is 2. The zero-order valence-electron chi connectivity index (χ0n) is 14.9. The number of hydrogen-bond donors (Lipinski definition) is 2. The molecule has 3 rings (SSSR count). The molecule has 0 saturated carbocycles. The average Bonchev–Trinajstić information content (AvgIpc) is 3.24. The minimum Gasteiger partial charge on any atom is -0.493 e. The van der Waals surface area contributed by atoms with Crippen LogP contribution in [-0.2, 0) is 9.53 Å². The molecule has 138 valence electrons. The second-order valence-electron chi connectivity index (χ2n) is 5.72. The number of benzene rings is 1. The molecule has 1 aromatic rings. The maximum atomic E-state index is 12.2. The minimum atomic E-state index is -0.0727. The van der Waals surface area contributed by atoms with Crippen molar-refractivity contribution in [2.24, 2.45) is 0 Å². The lowest BCUT2D eigenvalue weighted by Crippen LogP contribution is -2.32. The van der Waals surface area contributed by atoms with Crippen LogP contribution in [0.4, 0.5) is 0 Å². The summed E-state index contributed by atoms with van der Waals surface area (Å²) in [6.45, 7) is 0.804. The van der Waals surface area contributed by atoms with Gasteiger partial charge in [-0.3, -0.25) is 15.1 Å². The molecule has 0 atom stereocenters. The summed E-state index contributed by atoms with van der Waals surface area (Å²) in [5.41, 5.74) is 2.55. The first-order valence-corrected chi connectivity index (χ1v) is 8.94. The number of carbonyl (C=O) groups is 1. The van der Waals surface area contributed by atoms with E-state index in [1.165, 1.54) is 16.7 Å². The molecular weight excluding hydrogens is 354 g/mol. The van der Waals surface area contributed by atoms with Gasteiger partial charge in [-0.05, 0) is 18.2 Å². The van der Waals surface area contributed by atoms with Crippen LogP contribution in [0.15, 0.2) is 34.2 Å². The predicted molar refractivity (Wildman–Crippen MR) is 101 cm³/mol. The van der Waals surface area contributed by atoms with E-state index in [2.05, 4.69) is 5.32 Å². The van der Waals surface area contributed by atoms with E-state index in [1.807, 2.05) is 23.6 Å². The quantitative estimate of drug-likeness (QED) is 0.794. The van der Waals surface area contributed by atoms with E-state index in [-0.39, 0.29) is 18.2 Å². The van der Waals surface area contributed by atoms with E-state index in [4.69, 9.17) is 19.6 Å². The molecule has 1 aromatic carbocycles. The van der Waals surface area contributed by atoms with Gasteiger partial charge in [-0.15, -0.1) is 0 Å². The number of rotatable bonds is 6. The Hall–Kier alpha value is -2.45. The Balaban J connectivity index is 1.79. The minimum absolute atomic E-state index is 0.0727. The van der Waals surface area contributed by atoms with Gasteiger partial charge in [-0.2, -0.15) is 0 Å². The van der Waals surface area contributed by atoms with Gasteiger partial charge < -0.3 is 19.5 Å². The summed E-state index contributed by atoms with van der Waals surface area (Å²) in [6.07, 6.45) is 0.227. The summed E-state index contributed by atoms with van der Waals surface area (Å²) in [7, 11) is 4.78. The topological polar surface area (TPSA) is 83.9 Å². The number of carbonyl (C=O) groups excluding carboxylic acids is 1. The number of thioether (sulfide) groups is 1. The Morgan fingerprint density at radius 1 is 1.23 bits per heavy atom. The number of hydrogen-bond acceptors (Lipinski definition) is 7. The molecule has 0 radical (unpaired) electrons. The molecule has 2 heterocycles. The van der Waals surface area contributed by atoms with E-state index in [0.29, 0.717) is 30.2 Å². The fourth-order valence-corrected chi connectivity index (χ4v) is 3.73. The summed E-state index contributed by atoms with van der Waals surface area (Å²) >= 11 is 1.48. The SMILES string of the molecule is COCCN1C(=N)/C(=C2/NC(c3ccc(OC)c(OC)c3)=CS2)CC1=O. The van der Waals surface area contributed by atoms with E-state index in [0.717, 1.165) is 16.3 Å². The molecular formula is C18H21N3O4S. The molecule has 8 heteroatoms. The zero-order valence-corrected chi connectivity index (χ0v) is 15.7. The molecule has 0 aromatic heterocycles. The third-order valence-electron chi connectivity index (χ3n) is 4.22. The number of amidine groups is 1. The number of ether oxygens (including phenoxy) is 3. The van der Waals surface area contributed by atoms with Crippen LogP contribution in [0.25, 0.3) is 5.70 Å². The number of methoxy groups -OCH3 is 3. The van der Waals surface area contributed by atoms with Crippen LogP contribution in [0.2, 0.25) is 0 Å². The van der Waals surface area contributed by atoms with E-state index in [9.17, 15) is 4.79 Å². The van der Waals surface area contributed by atoms with Crippen LogP contribution < -0.4 is 14.8 Å². The summed E-state index contributed by atoms with van der Waals surface area (Å²) < 4.78 is 15.6. The smallest absolute Gasteiger partial charge is 0.232 e.